The molecule has 2 aromatic rings. The largest absolute Gasteiger partial charge is 0.573 e. The smallest absolute Gasteiger partial charge is 0.405 e. The minimum absolute atomic E-state index is 0.253. The molecule has 21 heavy (non-hydrogen) atoms. The molecular formula is C12H9F3IN3OS. The van der Waals surface area contributed by atoms with E-state index in [9.17, 15) is 13.2 Å². The summed E-state index contributed by atoms with van der Waals surface area (Å²) >= 11 is 3.16. The maximum Gasteiger partial charge on any atom is 0.573 e. The monoisotopic (exact) mass is 427 g/mol. The first-order valence-electron chi connectivity index (χ1n) is 5.60. The number of hydrogen-bond acceptors (Lipinski definition) is 5. The van der Waals surface area contributed by atoms with E-state index in [2.05, 4.69) is 20.2 Å². The molecule has 0 saturated heterocycles. The van der Waals surface area contributed by atoms with Gasteiger partial charge in [-0.15, -0.1) is 24.5 Å². The number of hydrogen-bond donors (Lipinski definition) is 1. The van der Waals surface area contributed by atoms with Crippen molar-refractivity contribution in [2.45, 2.75) is 13.3 Å². The van der Waals surface area contributed by atoms with E-state index < -0.39 is 6.36 Å². The number of hydrazone groups is 1. The van der Waals surface area contributed by atoms with Gasteiger partial charge in [0.25, 0.3) is 0 Å². The van der Waals surface area contributed by atoms with E-state index in [1.165, 1.54) is 29.7 Å². The molecule has 0 aliphatic carbocycles. The van der Waals surface area contributed by atoms with Crippen LogP contribution < -0.4 is 10.2 Å². The second kappa shape index (κ2) is 6.60. The van der Waals surface area contributed by atoms with Gasteiger partial charge in [-0.3, -0.25) is 5.43 Å². The summed E-state index contributed by atoms with van der Waals surface area (Å²) in [4.78, 5) is 4.14. The van der Waals surface area contributed by atoms with Crippen LogP contribution >= 0.6 is 33.9 Å². The molecular weight excluding hydrogens is 418 g/mol. The number of aryl methyl sites for hydroxylation is 1. The van der Waals surface area contributed by atoms with Crippen molar-refractivity contribution in [3.63, 3.8) is 0 Å². The van der Waals surface area contributed by atoms with E-state index in [1.54, 1.807) is 28.7 Å². The summed E-state index contributed by atoms with van der Waals surface area (Å²) in [6, 6.07) is 4.44. The fourth-order valence-corrected chi connectivity index (χ4v) is 2.45. The Balaban J connectivity index is 2.08. The van der Waals surface area contributed by atoms with Gasteiger partial charge < -0.3 is 4.74 Å². The van der Waals surface area contributed by atoms with Crippen molar-refractivity contribution in [2.75, 3.05) is 5.43 Å². The zero-order valence-electron chi connectivity index (χ0n) is 10.6. The van der Waals surface area contributed by atoms with Crippen LogP contribution in [-0.2, 0) is 0 Å². The van der Waals surface area contributed by atoms with Gasteiger partial charge in [0, 0.05) is 5.38 Å². The van der Waals surface area contributed by atoms with Crippen molar-refractivity contribution in [3.8, 4) is 5.75 Å². The first-order chi connectivity index (χ1) is 9.83. The molecule has 0 fully saturated rings. The van der Waals surface area contributed by atoms with E-state index in [0.717, 1.165) is 5.69 Å². The molecule has 1 N–H and O–H groups in total. The number of aromatic nitrogens is 1. The topological polar surface area (TPSA) is 46.5 Å². The van der Waals surface area contributed by atoms with Crippen LogP contribution in [0.1, 0.15) is 11.3 Å². The van der Waals surface area contributed by atoms with Crippen LogP contribution in [0.4, 0.5) is 18.3 Å². The van der Waals surface area contributed by atoms with E-state index in [4.69, 9.17) is 0 Å². The average Bonchev–Trinajstić information content (AvgIpc) is 2.77. The third kappa shape index (κ3) is 5.16. The summed E-state index contributed by atoms with van der Waals surface area (Å²) < 4.78 is 41.1. The Labute approximate surface area is 136 Å². The number of thiazole rings is 1. The molecule has 0 aliphatic heterocycles. The Hall–Kier alpha value is -1.36. The number of alkyl halides is 3. The van der Waals surface area contributed by atoms with Gasteiger partial charge in [0.05, 0.1) is 15.5 Å². The zero-order valence-corrected chi connectivity index (χ0v) is 13.6. The highest BCUT2D eigenvalue weighted by atomic mass is 127. The summed E-state index contributed by atoms with van der Waals surface area (Å²) in [7, 11) is 0. The van der Waals surface area contributed by atoms with Crippen molar-refractivity contribution >= 4 is 45.3 Å². The van der Waals surface area contributed by atoms with Crippen molar-refractivity contribution in [3.05, 3.63) is 38.4 Å². The maximum atomic E-state index is 12.3. The van der Waals surface area contributed by atoms with Gasteiger partial charge >= 0.3 is 6.36 Å². The first-order valence-corrected chi connectivity index (χ1v) is 7.56. The second-order valence-electron chi connectivity index (χ2n) is 3.90. The number of benzene rings is 1. The minimum atomic E-state index is -4.72. The highest BCUT2D eigenvalue weighted by molar-refractivity contribution is 14.1. The fraction of sp³-hybridized carbons (Fsp3) is 0.167. The summed E-state index contributed by atoms with van der Waals surface area (Å²) in [5, 5.41) is 6.40. The predicted octanol–water partition coefficient (Wildman–Crippen LogP) is 4.40. The van der Waals surface area contributed by atoms with Crippen LogP contribution in [0.3, 0.4) is 0 Å². The number of halogens is 4. The van der Waals surface area contributed by atoms with Gasteiger partial charge in [-0.25, -0.2) is 4.98 Å². The molecule has 0 radical (unpaired) electrons. The number of rotatable bonds is 4. The van der Waals surface area contributed by atoms with E-state index >= 15 is 0 Å². The van der Waals surface area contributed by atoms with Crippen molar-refractivity contribution < 1.29 is 17.9 Å². The minimum Gasteiger partial charge on any atom is -0.405 e. The zero-order chi connectivity index (χ0) is 15.5. The van der Waals surface area contributed by atoms with Crippen LogP contribution in [0.5, 0.6) is 5.75 Å². The maximum absolute atomic E-state index is 12.3. The third-order valence-corrected chi connectivity index (χ3v) is 3.93. The lowest BCUT2D eigenvalue weighted by Gasteiger charge is -2.10. The molecule has 112 valence electrons. The van der Waals surface area contributed by atoms with Crippen LogP contribution in [0, 0.1) is 10.5 Å². The molecule has 0 aliphatic rings. The Morgan fingerprint density at radius 2 is 2.19 bits per heavy atom. The van der Waals surface area contributed by atoms with Crippen LogP contribution in [0.2, 0.25) is 0 Å². The summed E-state index contributed by atoms with van der Waals surface area (Å²) in [5.74, 6) is -0.253. The van der Waals surface area contributed by atoms with Gasteiger partial charge in [0.1, 0.15) is 5.75 Å². The van der Waals surface area contributed by atoms with E-state index in [0.29, 0.717) is 14.3 Å². The van der Waals surface area contributed by atoms with Gasteiger partial charge in [-0.05, 0) is 47.2 Å². The third-order valence-electron chi connectivity index (χ3n) is 2.17. The number of anilines is 1. The lowest BCUT2D eigenvalue weighted by Crippen LogP contribution is -2.17. The molecule has 0 saturated carbocycles. The van der Waals surface area contributed by atoms with E-state index in [1.807, 2.05) is 12.3 Å². The molecule has 9 heteroatoms. The highest BCUT2D eigenvalue weighted by Gasteiger charge is 2.31. The van der Waals surface area contributed by atoms with Crippen molar-refractivity contribution in [2.24, 2.45) is 5.10 Å². The van der Waals surface area contributed by atoms with Crippen LogP contribution in [0.15, 0.2) is 28.7 Å². The highest BCUT2D eigenvalue weighted by Crippen LogP contribution is 2.28. The molecule has 0 bridgehead atoms. The molecule has 4 nitrogen and oxygen atoms in total. The molecule has 1 aromatic carbocycles. The SMILES string of the molecule is Cc1csc(NN=Cc2ccc(I)c(OC(F)(F)F)c2)n1. The molecule has 1 heterocycles. The molecule has 2 rings (SSSR count). The lowest BCUT2D eigenvalue weighted by atomic mass is 10.2. The standard InChI is InChI=1S/C12H9F3IN3OS/c1-7-6-21-11(18-7)19-17-5-8-2-3-9(16)10(4-8)20-12(13,14)15/h2-6H,1H3,(H,18,19). The Bertz CT molecular complexity index is 657. The van der Waals surface area contributed by atoms with Crippen LogP contribution in [0.25, 0.3) is 0 Å². The number of nitrogens with one attached hydrogen (secondary N) is 1. The lowest BCUT2D eigenvalue weighted by molar-refractivity contribution is -0.274. The number of ether oxygens (including phenoxy) is 1. The summed E-state index contributed by atoms with van der Waals surface area (Å²) in [6.07, 6.45) is -3.32. The fourth-order valence-electron chi connectivity index (χ4n) is 1.37. The normalized spacial score (nSPS) is 11.9. The molecule has 1 aromatic heterocycles. The Morgan fingerprint density at radius 3 is 2.81 bits per heavy atom. The molecule has 0 unspecified atom stereocenters. The average molecular weight is 427 g/mol. The summed E-state index contributed by atoms with van der Waals surface area (Å²) in [6.45, 7) is 1.85. The predicted molar refractivity (Wildman–Crippen MR) is 83.9 cm³/mol. The second-order valence-corrected chi connectivity index (χ2v) is 5.92. The molecule has 0 atom stereocenters. The Kier molecular flexibility index (Phi) is 5.04. The van der Waals surface area contributed by atoms with Gasteiger partial charge in [0.15, 0.2) is 0 Å². The van der Waals surface area contributed by atoms with Gasteiger partial charge in [-0.1, -0.05) is 6.07 Å². The Morgan fingerprint density at radius 1 is 1.43 bits per heavy atom. The van der Waals surface area contributed by atoms with Crippen molar-refractivity contribution in [1.82, 2.24) is 4.98 Å². The van der Waals surface area contributed by atoms with Gasteiger partial charge in [-0.2, -0.15) is 5.10 Å². The van der Waals surface area contributed by atoms with Gasteiger partial charge in [0.2, 0.25) is 5.13 Å². The van der Waals surface area contributed by atoms with Crippen LogP contribution in [-0.4, -0.2) is 17.6 Å². The van der Waals surface area contributed by atoms with Crippen molar-refractivity contribution in [1.29, 1.82) is 0 Å². The molecule has 0 amide bonds. The quantitative estimate of drug-likeness (QED) is 0.447. The molecule has 0 spiro atoms. The number of nitrogens with zero attached hydrogens (tertiary/aromatic N) is 2. The first kappa shape index (κ1) is 16.0. The van der Waals surface area contributed by atoms with E-state index in [-0.39, 0.29) is 5.75 Å². The summed E-state index contributed by atoms with van der Waals surface area (Å²) in [5.41, 5.74) is 4.06.